The zero-order valence-electron chi connectivity index (χ0n) is 31.9. The van der Waals surface area contributed by atoms with Crippen molar-refractivity contribution in [1.29, 1.82) is 0 Å². The molecule has 15 atom stereocenters. The summed E-state index contributed by atoms with van der Waals surface area (Å²) in [6.07, 6.45) is 53.2. The number of fused-ring (bicyclic) bond motifs is 8. The topological polar surface area (TPSA) is 0 Å². The standard InChI is InChI=1S/C48H80/c1-2-9-24-40-36(19-6-1)33-37-20-13-14-25-41(37)47(40)48-32-15-5-12-27-45(48)39-23-11-4-8-18-35(39)28-31-46(48)44-30-29-43-38-22-10-3-7-17-34(38)21-16-26-42(43)44/h34-47H,1-33H2. The van der Waals surface area contributed by atoms with Crippen LogP contribution in [0.2, 0.25) is 0 Å². The molecule has 48 heavy (non-hydrogen) atoms. The molecule has 0 amide bonds. The fourth-order valence-corrected chi connectivity index (χ4v) is 18.1. The van der Waals surface area contributed by atoms with E-state index in [0.717, 1.165) is 82.9 Å². The lowest BCUT2D eigenvalue weighted by molar-refractivity contribution is -0.154. The first-order chi connectivity index (χ1) is 23.8. The van der Waals surface area contributed by atoms with E-state index in [0.29, 0.717) is 5.41 Å². The summed E-state index contributed by atoms with van der Waals surface area (Å²) in [5, 5.41) is 0. The third-order valence-electron chi connectivity index (χ3n) is 19.5. The van der Waals surface area contributed by atoms with Gasteiger partial charge in [-0.15, -0.1) is 0 Å². The first kappa shape index (κ1) is 33.8. The van der Waals surface area contributed by atoms with Gasteiger partial charge < -0.3 is 0 Å². The van der Waals surface area contributed by atoms with Crippen molar-refractivity contribution in [1.82, 2.24) is 0 Å². The summed E-state index contributed by atoms with van der Waals surface area (Å²) in [6, 6.07) is 0. The van der Waals surface area contributed by atoms with Crippen molar-refractivity contribution in [2.75, 3.05) is 0 Å². The maximum Gasteiger partial charge on any atom is -0.0202 e. The Kier molecular flexibility index (Phi) is 10.7. The highest BCUT2D eigenvalue weighted by Gasteiger charge is 2.64. The Balaban J connectivity index is 1.18. The quantitative estimate of drug-likeness (QED) is 0.277. The summed E-state index contributed by atoms with van der Waals surface area (Å²) in [4.78, 5) is 0. The molecule has 0 saturated heterocycles. The van der Waals surface area contributed by atoms with Gasteiger partial charge in [0.05, 0.1) is 0 Å². The highest BCUT2D eigenvalue weighted by molar-refractivity contribution is 5.12. The van der Waals surface area contributed by atoms with Crippen LogP contribution in [0.5, 0.6) is 0 Å². The van der Waals surface area contributed by atoms with Gasteiger partial charge in [0, 0.05) is 0 Å². The third kappa shape index (κ3) is 6.16. The second-order valence-corrected chi connectivity index (χ2v) is 21.0. The molecule has 9 fully saturated rings. The molecule has 0 heteroatoms. The van der Waals surface area contributed by atoms with Crippen LogP contribution in [0.1, 0.15) is 212 Å². The highest BCUT2D eigenvalue weighted by Crippen LogP contribution is 2.71. The Morgan fingerprint density at radius 3 is 1.48 bits per heavy atom. The van der Waals surface area contributed by atoms with Crippen LogP contribution in [0.15, 0.2) is 0 Å². The van der Waals surface area contributed by atoms with Gasteiger partial charge in [0.15, 0.2) is 0 Å². The van der Waals surface area contributed by atoms with E-state index in [-0.39, 0.29) is 0 Å². The SMILES string of the molecule is C1CCCC2C(CC1)CC1CCCCC1C2C12CCCCCC1C1CCCCCC1CCC2C1CCC2C3CCCCCC3CCCC21. The molecule has 0 N–H and O–H groups in total. The molecular formula is C48H80. The summed E-state index contributed by atoms with van der Waals surface area (Å²) in [7, 11) is 0. The summed E-state index contributed by atoms with van der Waals surface area (Å²) in [5.41, 5.74) is 0.706. The van der Waals surface area contributed by atoms with Gasteiger partial charge in [0.25, 0.3) is 0 Å². The molecule has 9 aliphatic rings. The summed E-state index contributed by atoms with van der Waals surface area (Å²) >= 11 is 0. The lowest BCUT2D eigenvalue weighted by Gasteiger charge is -2.63. The largest absolute Gasteiger partial charge is 0.0533 e. The third-order valence-corrected chi connectivity index (χ3v) is 19.5. The highest BCUT2D eigenvalue weighted by atomic mass is 14.7. The summed E-state index contributed by atoms with van der Waals surface area (Å²) < 4.78 is 0. The van der Waals surface area contributed by atoms with Crippen molar-refractivity contribution < 1.29 is 0 Å². The molecule has 0 aliphatic heterocycles. The van der Waals surface area contributed by atoms with E-state index in [1.54, 1.807) is 212 Å². The van der Waals surface area contributed by atoms with Crippen molar-refractivity contribution in [2.24, 2.45) is 88.3 Å². The molecule has 0 spiro atoms. The Labute approximate surface area is 299 Å². The first-order valence-electron chi connectivity index (χ1n) is 23.8. The Morgan fingerprint density at radius 2 is 0.708 bits per heavy atom. The molecule has 0 aromatic carbocycles. The average molecular weight is 657 g/mol. The molecule has 9 saturated carbocycles. The molecule has 0 heterocycles. The molecule has 0 nitrogen and oxygen atoms in total. The minimum atomic E-state index is 0.706. The number of hydrogen-bond acceptors (Lipinski definition) is 0. The maximum atomic E-state index is 1.70. The number of rotatable bonds is 2. The molecule has 0 aromatic heterocycles. The summed E-state index contributed by atoms with van der Waals surface area (Å²) in [5.74, 6) is 15.5. The van der Waals surface area contributed by atoms with Crippen molar-refractivity contribution in [3.63, 3.8) is 0 Å². The molecule has 272 valence electrons. The van der Waals surface area contributed by atoms with Gasteiger partial charge in [0.1, 0.15) is 0 Å². The zero-order chi connectivity index (χ0) is 31.9. The van der Waals surface area contributed by atoms with Crippen LogP contribution in [-0.2, 0) is 0 Å². The second-order valence-electron chi connectivity index (χ2n) is 21.0. The molecular weight excluding hydrogens is 577 g/mol. The van der Waals surface area contributed by atoms with E-state index in [4.69, 9.17) is 0 Å². The van der Waals surface area contributed by atoms with E-state index in [1.807, 2.05) is 0 Å². The molecule has 9 aliphatic carbocycles. The maximum absolute atomic E-state index is 1.70. The van der Waals surface area contributed by atoms with E-state index >= 15 is 0 Å². The van der Waals surface area contributed by atoms with Gasteiger partial charge in [0.2, 0.25) is 0 Å². The fraction of sp³-hybridized carbons (Fsp3) is 1.00. The molecule has 15 unspecified atom stereocenters. The van der Waals surface area contributed by atoms with Gasteiger partial charge in [-0.05, 0) is 165 Å². The molecule has 0 radical (unpaired) electrons. The van der Waals surface area contributed by atoms with Crippen molar-refractivity contribution >= 4 is 0 Å². The van der Waals surface area contributed by atoms with Crippen molar-refractivity contribution in [2.45, 2.75) is 212 Å². The van der Waals surface area contributed by atoms with Crippen LogP contribution in [0.3, 0.4) is 0 Å². The second kappa shape index (κ2) is 15.2. The number of hydrogen-bond donors (Lipinski definition) is 0. The van der Waals surface area contributed by atoms with E-state index in [2.05, 4.69) is 0 Å². The van der Waals surface area contributed by atoms with Crippen LogP contribution < -0.4 is 0 Å². The van der Waals surface area contributed by atoms with Crippen LogP contribution in [0.25, 0.3) is 0 Å². The lowest BCUT2D eigenvalue weighted by atomic mass is 9.41. The van der Waals surface area contributed by atoms with Crippen LogP contribution >= 0.6 is 0 Å². The average Bonchev–Trinajstić information content (AvgIpc) is 3.43. The molecule has 9 rings (SSSR count). The van der Waals surface area contributed by atoms with Crippen LogP contribution in [0.4, 0.5) is 0 Å². The Bertz CT molecular complexity index is 1030. The van der Waals surface area contributed by atoms with Gasteiger partial charge in [-0.2, -0.15) is 0 Å². The normalized spacial score (nSPS) is 52.0. The zero-order valence-corrected chi connectivity index (χ0v) is 31.9. The first-order valence-corrected chi connectivity index (χ1v) is 23.8. The Hall–Kier alpha value is 0. The van der Waals surface area contributed by atoms with E-state index in [1.165, 1.54) is 0 Å². The van der Waals surface area contributed by atoms with Gasteiger partial charge in [-0.25, -0.2) is 0 Å². The van der Waals surface area contributed by atoms with Crippen molar-refractivity contribution in [3.8, 4) is 0 Å². The van der Waals surface area contributed by atoms with Gasteiger partial charge in [-0.3, -0.25) is 0 Å². The van der Waals surface area contributed by atoms with Crippen LogP contribution in [0, 0.1) is 88.3 Å². The molecule has 0 aromatic rings. The predicted molar refractivity (Wildman–Crippen MR) is 204 cm³/mol. The Morgan fingerprint density at radius 1 is 0.250 bits per heavy atom. The monoisotopic (exact) mass is 657 g/mol. The van der Waals surface area contributed by atoms with Gasteiger partial charge in [-0.1, -0.05) is 135 Å². The van der Waals surface area contributed by atoms with E-state index < -0.39 is 0 Å². The van der Waals surface area contributed by atoms with Crippen LogP contribution in [-0.4, -0.2) is 0 Å². The molecule has 0 bridgehead atoms. The minimum absolute atomic E-state index is 0.706. The lowest BCUT2D eigenvalue weighted by Crippen LogP contribution is -2.57. The predicted octanol–water partition coefficient (Wildman–Crippen LogP) is 14.6. The fourth-order valence-electron chi connectivity index (χ4n) is 18.1. The van der Waals surface area contributed by atoms with E-state index in [9.17, 15) is 0 Å². The van der Waals surface area contributed by atoms with Crippen molar-refractivity contribution in [3.05, 3.63) is 0 Å². The minimum Gasteiger partial charge on any atom is -0.0533 e. The van der Waals surface area contributed by atoms with Gasteiger partial charge >= 0.3 is 0 Å². The smallest absolute Gasteiger partial charge is 0.0202 e. The summed E-state index contributed by atoms with van der Waals surface area (Å²) in [6.45, 7) is 0.